The van der Waals surface area contributed by atoms with Crippen molar-refractivity contribution in [3.8, 4) is 0 Å². The third-order valence-electron chi connectivity index (χ3n) is 4.21. The van der Waals surface area contributed by atoms with Crippen molar-refractivity contribution in [2.24, 2.45) is 5.92 Å². The van der Waals surface area contributed by atoms with Gasteiger partial charge >= 0.3 is 0 Å². The summed E-state index contributed by atoms with van der Waals surface area (Å²) in [5.41, 5.74) is 1.31. The SMILES string of the molecule is CCC(C)C(=O)Nc1ccc(C(=O)N2CCC(O)CC2)cc1. The Balaban J connectivity index is 1.96. The summed E-state index contributed by atoms with van der Waals surface area (Å²) in [6.07, 6.45) is 1.77. The summed E-state index contributed by atoms with van der Waals surface area (Å²) in [7, 11) is 0. The van der Waals surface area contributed by atoms with Gasteiger partial charge in [0.2, 0.25) is 5.91 Å². The number of carbonyl (C=O) groups is 2. The zero-order chi connectivity index (χ0) is 16.1. The first-order chi connectivity index (χ1) is 10.5. The molecule has 1 aromatic carbocycles. The molecule has 1 atom stereocenters. The van der Waals surface area contributed by atoms with Gasteiger partial charge in [-0.3, -0.25) is 9.59 Å². The molecule has 1 fully saturated rings. The number of likely N-dealkylation sites (tertiary alicyclic amines) is 1. The normalized spacial score (nSPS) is 17.1. The van der Waals surface area contributed by atoms with Crippen molar-refractivity contribution in [1.82, 2.24) is 4.90 Å². The monoisotopic (exact) mass is 304 g/mol. The number of anilines is 1. The highest BCUT2D eigenvalue weighted by atomic mass is 16.3. The van der Waals surface area contributed by atoms with Crippen LogP contribution in [0.4, 0.5) is 5.69 Å². The first kappa shape index (κ1) is 16.5. The highest BCUT2D eigenvalue weighted by Gasteiger charge is 2.22. The zero-order valence-electron chi connectivity index (χ0n) is 13.2. The van der Waals surface area contributed by atoms with E-state index in [1.165, 1.54) is 0 Å². The van der Waals surface area contributed by atoms with E-state index in [1.54, 1.807) is 29.2 Å². The molecule has 1 aliphatic heterocycles. The first-order valence-electron chi connectivity index (χ1n) is 7.89. The number of carbonyl (C=O) groups excluding carboxylic acids is 2. The molecule has 1 aromatic rings. The van der Waals surface area contributed by atoms with Crippen LogP contribution in [0.5, 0.6) is 0 Å². The van der Waals surface area contributed by atoms with Crippen LogP contribution in [0.15, 0.2) is 24.3 Å². The molecule has 1 aliphatic rings. The number of piperidine rings is 1. The molecule has 5 heteroatoms. The Morgan fingerprint density at radius 1 is 1.27 bits per heavy atom. The lowest BCUT2D eigenvalue weighted by Crippen LogP contribution is -2.40. The van der Waals surface area contributed by atoms with Gasteiger partial charge in [-0.15, -0.1) is 0 Å². The molecular formula is C17H24N2O3. The second kappa shape index (κ2) is 7.40. The third kappa shape index (κ3) is 4.07. The van der Waals surface area contributed by atoms with Crippen LogP contribution in [0.3, 0.4) is 0 Å². The van der Waals surface area contributed by atoms with Gasteiger partial charge in [0.05, 0.1) is 6.10 Å². The van der Waals surface area contributed by atoms with E-state index in [9.17, 15) is 14.7 Å². The second-order valence-electron chi connectivity index (χ2n) is 5.90. The predicted octanol–water partition coefficient (Wildman–Crippen LogP) is 2.27. The molecule has 120 valence electrons. The van der Waals surface area contributed by atoms with Gasteiger partial charge in [-0.05, 0) is 43.5 Å². The van der Waals surface area contributed by atoms with Crippen LogP contribution in [-0.2, 0) is 4.79 Å². The van der Waals surface area contributed by atoms with Gasteiger partial charge < -0.3 is 15.3 Å². The Morgan fingerprint density at radius 2 is 1.86 bits per heavy atom. The molecule has 0 aromatic heterocycles. The number of aliphatic hydroxyl groups is 1. The van der Waals surface area contributed by atoms with Crippen molar-refractivity contribution in [3.63, 3.8) is 0 Å². The van der Waals surface area contributed by atoms with Gasteiger partial charge in [-0.2, -0.15) is 0 Å². The quantitative estimate of drug-likeness (QED) is 0.896. The Kier molecular flexibility index (Phi) is 5.55. The van der Waals surface area contributed by atoms with Crippen LogP contribution in [0.1, 0.15) is 43.5 Å². The van der Waals surface area contributed by atoms with Crippen LogP contribution in [0.2, 0.25) is 0 Å². The van der Waals surface area contributed by atoms with E-state index >= 15 is 0 Å². The molecule has 2 rings (SSSR count). The summed E-state index contributed by atoms with van der Waals surface area (Å²) < 4.78 is 0. The highest BCUT2D eigenvalue weighted by Crippen LogP contribution is 2.16. The van der Waals surface area contributed by atoms with Crippen LogP contribution >= 0.6 is 0 Å². The summed E-state index contributed by atoms with van der Waals surface area (Å²) in [5.74, 6) is -0.0561. The van der Waals surface area contributed by atoms with Gasteiger partial charge in [0.15, 0.2) is 0 Å². The Hall–Kier alpha value is -1.88. The second-order valence-corrected chi connectivity index (χ2v) is 5.90. The van der Waals surface area contributed by atoms with Crippen molar-refractivity contribution >= 4 is 17.5 Å². The van der Waals surface area contributed by atoms with Crippen LogP contribution < -0.4 is 5.32 Å². The Morgan fingerprint density at radius 3 is 2.41 bits per heavy atom. The number of hydrogen-bond acceptors (Lipinski definition) is 3. The lowest BCUT2D eigenvalue weighted by molar-refractivity contribution is -0.119. The van der Waals surface area contributed by atoms with Crippen LogP contribution in [0.25, 0.3) is 0 Å². The van der Waals surface area contributed by atoms with E-state index in [0.717, 1.165) is 6.42 Å². The molecule has 1 heterocycles. The first-order valence-corrected chi connectivity index (χ1v) is 7.89. The zero-order valence-corrected chi connectivity index (χ0v) is 13.2. The summed E-state index contributed by atoms with van der Waals surface area (Å²) in [5, 5.41) is 12.3. The maximum atomic E-state index is 12.4. The minimum Gasteiger partial charge on any atom is -0.393 e. The summed E-state index contributed by atoms with van der Waals surface area (Å²) >= 11 is 0. The molecule has 2 N–H and O–H groups in total. The molecule has 0 bridgehead atoms. The van der Waals surface area contributed by atoms with Crippen LogP contribution in [0, 0.1) is 5.92 Å². The lowest BCUT2D eigenvalue weighted by Gasteiger charge is -2.29. The average molecular weight is 304 g/mol. The van der Waals surface area contributed by atoms with Gasteiger partial charge in [-0.1, -0.05) is 13.8 Å². The molecular weight excluding hydrogens is 280 g/mol. The van der Waals surface area contributed by atoms with Gasteiger partial charge in [0, 0.05) is 30.3 Å². The fourth-order valence-electron chi connectivity index (χ4n) is 2.40. The van der Waals surface area contributed by atoms with Crippen molar-refractivity contribution < 1.29 is 14.7 Å². The summed E-state index contributed by atoms with van der Waals surface area (Å²) in [4.78, 5) is 25.9. The maximum Gasteiger partial charge on any atom is 0.253 e. The number of rotatable bonds is 4. The molecule has 1 saturated heterocycles. The van der Waals surface area contributed by atoms with E-state index in [1.807, 2.05) is 13.8 Å². The predicted molar refractivity (Wildman–Crippen MR) is 85.7 cm³/mol. The van der Waals surface area contributed by atoms with E-state index in [-0.39, 0.29) is 23.8 Å². The smallest absolute Gasteiger partial charge is 0.253 e. The van der Waals surface area contributed by atoms with Gasteiger partial charge in [-0.25, -0.2) is 0 Å². The van der Waals surface area contributed by atoms with Crippen molar-refractivity contribution in [2.75, 3.05) is 18.4 Å². The summed E-state index contributed by atoms with van der Waals surface area (Å²) in [6, 6.07) is 6.98. The molecule has 5 nitrogen and oxygen atoms in total. The van der Waals surface area contributed by atoms with Crippen LogP contribution in [-0.4, -0.2) is 41.0 Å². The van der Waals surface area contributed by atoms with E-state index in [2.05, 4.69) is 5.32 Å². The molecule has 1 unspecified atom stereocenters. The van der Waals surface area contributed by atoms with Crippen molar-refractivity contribution in [1.29, 1.82) is 0 Å². The Bertz CT molecular complexity index is 519. The number of nitrogens with one attached hydrogen (secondary N) is 1. The highest BCUT2D eigenvalue weighted by molar-refractivity contribution is 5.96. The molecule has 0 saturated carbocycles. The fourth-order valence-corrected chi connectivity index (χ4v) is 2.40. The minimum absolute atomic E-state index is 0.00778. The minimum atomic E-state index is -0.290. The fraction of sp³-hybridized carbons (Fsp3) is 0.529. The van der Waals surface area contributed by atoms with E-state index in [0.29, 0.717) is 37.2 Å². The number of nitrogens with zero attached hydrogens (tertiary/aromatic N) is 1. The third-order valence-corrected chi connectivity index (χ3v) is 4.21. The number of benzene rings is 1. The lowest BCUT2D eigenvalue weighted by atomic mass is 10.1. The number of hydrogen-bond donors (Lipinski definition) is 2. The van der Waals surface area contributed by atoms with Gasteiger partial charge in [0.25, 0.3) is 5.91 Å². The molecule has 0 spiro atoms. The molecule has 22 heavy (non-hydrogen) atoms. The van der Waals surface area contributed by atoms with Gasteiger partial charge in [0.1, 0.15) is 0 Å². The molecule has 2 amide bonds. The standard InChI is InChI=1S/C17H24N2O3/c1-3-12(2)16(21)18-14-6-4-13(5-7-14)17(22)19-10-8-15(20)9-11-19/h4-7,12,15,20H,3,8-11H2,1-2H3,(H,18,21). The molecule has 0 radical (unpaired) electrons. The summed E-state index contributed by atoms with van der Waals surface area (Å²) in [6.45, 7) is 5.04. The average Bonchev–Trinajstić information content (AvgIpc) is 2.54. The topological polar surface area (TPSA) is 69.6 Å². The number of aliphatic hydroxyl groups excluding tert-OH is 1. The van der Waals surface area contributed by atoms with E-state index in [4.69, 9.17) is 0 Å². The Labute approximate surface area is 131 Å². The largest absolute Gasteiger partial charge is 0.393 e. The molecule has 0 aliphatic carbocycles. The van der Waals surface area contributed by atoms with Crippen molar-refractivity contribution in [2.45, 2.75) is 39.2 Å². The number of amides is 2. The maximum absolute atomic E-state index is 12.4. The van der Waals surface area contributed by atoms with E-state index < -0.39 is 0 Å². The van der Waals surface area contributed by atoms with Crippen molar-refractivity contribution in [3.05, 3.63) is 29.8 Å².